The van der Waals surface area contributed by atoms with Crippen LogP contribution in [0.4, 0.5) is 5.69 Å². The van der Waals surface area contributed by atoms with E-state index in [2.05, 4.69) is 4.98 Å². The zero-order valence-electron chi connectivity index (χ0n) is 11.7. The standard InChI is InChI=1S/C15H17N3O2S/c1-11-9-12-5-2-3-6-14(12)18(11)21(19,20)15-7-4-8-17-13(15)10-16/h2-8,11H,9-10,16H2,1H3. The van der Waals surface area contributed by atoms with Crippen molar-refractivity contribution in [3.05, 3.63) is 53.9 Å². The van der Waals surface area contributed by atoms with Gasteiger partial charge in [-0.2, -0.15) is 0 Å². The Morgan fingerprint density at radius 2 is 2.05 bits per heavy atom. The number of hydrogen-bond acceptors (Lipinski definition) is 4. The predicted octanol–water partition coefficient (Wildman–Crippen LogP) is 1.68. The van der Waals surface area contributed by atoms with Crippen LogP contribution < -0.4 is 10.0 Å². The van der Waals surface area contributed by atoms with Crippen molar-refractivity contribution < 1.29 is 8.42 Å². The summed E-state index contributed by atoms with van der Waals surface area (Å²) >= 11 is 0. The second-order valence-corrected chi connectivity index (χ2v) is 6.92. The second-order valence-electron chi connectivity index (χ2n) is 5.14. The Bertz CT molecular complexity index is 774. The van der Waals surface area contributed by atoms with E-state index in [-0.39, 0.29) is 17.5 Å². The summed E-state index contributed by atoms with van der Waals surface area (Å²) < 4.78 is 27.5. The molecule has 110 valence electrons. The monoisotopic (exact) mass is 303 g/mol. The van der Waals surface area contributed by atoms with E-state index < -0.39 is 10.0 Å². The molecule has 0 fully saturated rings. The number of benzene rings is 1. The summed E-state index contributed by atoms with van der Waals surface area (Å²) in [5.74, 6) is 0. The van der Waals surface area contributed by atoms with Gasteiger partial charge in [-0.1, -0.05) is 18.2 Å². The first kappa shape index (κ1) is 14.0. The molecular formula is C15H17N3O2S. The lowest BCUT2D eigenvalue weighted by Gasteiger charge is -2.25. The molecule has 1 aromatic carbocycles. The number of fused-ring (bicyclic) bond motifs is 1. The molecule has 1 aliphatic heterocycles. The van der Waals surface area contributed by atoms with Crippen LogP contribution in [0.1, 0.15) is 18.2 Å². The van der Waals surface area contributed by atoms with Crippen molar-refractivity contribution in [3.8, 4) is 0 Å². The molecule has 0 bridgehead atoms. The third-order valence-electron chi connectivity index (χ3n) is 3.72. The van der Waals surface area contributed by atoms with Crippen molar-refractivity contribution >= 4 is 15.7 Å². The molecule has 0 spiro atoms. The van der Waals surface area contributed by atoms with E-state index in [1.807, 2.05) is 31.2 Å². The minimum absolute atomic E-state index is 0.0965. The Labute approximate surface area is 124 Å². The number of hydrogen-bond donors (Lipinski definition) is 1. The van der Waals surface area contributed by atoms with Crippen LogP contribution in [0, 0.1) is 0 Å². The number of aromatic nitrogens is 1. The summed E-state index contributed by atoms with van der Waals surface area (Å²) in [6.07, 6.45) is 2.27. The van der Waals surface area contributed by atoms with Gasteiger partial charge in [-0.3, -0.25) is 9.29 Å². The Morgan fingerprint density at radius 3 is 2.81 bits per heavy atom. The maximum Gasteiger partial charge on any atom is 0.266 e. The third-order valence-corrected chi connectivity index (χ3v) is 5.73. The van der Waals surface area contributed by atoms with Gasteiger partial charge in [0.15, 0.2) is 0 Å². The van der Waals surface area contributed by atoms with Gasteiger partial charge in [0.2, 0.25) is 0 Å². The van der Waals surface area contributed by atoms with Crippen molar-refractivity contribution in [1.82, 2.24) is 4.98 Å². The molecule has 2 heterocycles. The van der Waals surface area contributed by atoms with Gasteiger partial charge >= 0.3 is 0 Å². The molecule has 0 radical (unpaired) electrons. The van der Waals surface area contributed by atoms with Gasteiger partial charge in [-0.15, -0.1) is 0 Å². The van der Waals surface area contributed by atoms with Crippen molar-refractivity contribution in [1.29, 1.82) is 0 Å². The van der Waals surface area contributed by atoms with Crippen LogP contribution >= 0.6 is 0 Å². The van der Waals surface area contributed by atoms with Crippen LogP contribution in [0.3, 0.4) is 0 Å². The lowest BCUT2D eigenvalue weighted by molar-refractivity contribution is 0.582. The van der Waals surface area contributed by atoms with E-state index in [0.29, 0.717) is 12.1 Å². The highest BCUT2D eigenvalue weighted by Crippen LogP contribution is 2.36. The van der Waals surface area contributed by atoms with Gasteiger partial charge in [-0.25, -0.2) is 8.42 Å². The Balaban J connectivity index is 2.15. The molecular weight excluding hydrogens is 286 g/mol. The fourth-order valence-electron chi connectivity index (χ4n) is 2.82. The number of nitrogens with two attached hydrogens (primary N) is 1. The Morgan fingerprint density at radius 1 is 1.29 bits per heavy atom. The molecule has 1 aliphatic rings. The fourth-order valence-corrected chi connectivity index (χ4v) is 4.70. The van der Waals surface area contributed by atoms with Gasteiger partial charge in [0.05, 0.1) is 11.4 Å². The summed E-state index contributed by atoms with van der Waals surface area (Å²) in [4.78, 5) is 4.28. The molecule has 2 aromatic rings. The lowest BCUT2D eigenvalue weighted by Crippen LogP contribution is -2.36. The van der Waals surface area contributed by atoms with Crippen LogP contribution in [0.5, 0.6) is 0 Å². The number of rotatable bonds is 3. The van der Waals surface area contributed by atoms with Crippen LogP contribution in [-0.2, 0) is 23.0 Å². The maximum absolute atomic E-state index is 13.0. The topological polar surface area (TPSA) is 76.3 Å². The average Bonchev–Trinajstić information content (AvgIpc) is 2.83. The van der Waals surface area contributed by atoms with Crippen molar-refractivity contribution in [2.75, 3.05) is 4.31 Å². The molecule has 2 N–H and O–H groups in total. The summed E-state index contributed by atoms with van der Waals surface area (Å²) in [5.41, 5.74) is 7.82. The van der Waals surface area contributed by atoms with E-state index in [4.69, 9.17) is 5.73 Å². The molecule has 1 aromatic heterocycles. The van der Waals surface area contributed by atoms with Crippen molar-refractivity contribution in [2.24, 2.45) is 5.73 Å². The van der Waals surface area contributed by atoms with Crippen molar-refractivity contribution in [3.63, 3.8) is 0 Å². The van der Waals surface area contributed by atoms with Crippen LogP contribution in [0.15, 0.2) is 47.5 Å². The smallest absolute Gasteiger partial charge is 0.266 e. The van der Waals surface area contributed by atoms with Crippen molar-refractivity contribution in [2.45, 2.75) is 30.8 Å². The molecule has 1 unspecified atom stereocenters. The van der Waals surface area contributed by atoms with Gasteiger partial charge in [0.1, 0.15) is 4.90 Å². The number of para-hydroxylation sites is 1. The first-order valence-electron chi connectivity index (χ1n) is 6.82. The quantitative estimate of drug-likeness (QED) is 0.936. The molecule has 6 heteroatoms. The van der Waals surface area contributed by atoms with Crippen LogP contribution in [0.2, 0.25) is 0 Å². The highest BCUT2D eigenvalue weighted by atomic mass is 32.2. The zero-order valence-corrected chi connectivity index (χ0v) is 12.5. The first-order valence-corrected chi connectivity index (χ1v) is 8.26. The number of pyridine rings is 1. The Kier molecular flexibility index (Phi) is 3.43. The maximum atomic E-state index is 13.0. The molecule has 5 nitrogen and oxygen atoms in total. The highest BCUT2D eigenvalue weighted by molar-refractivity contribution is 7.93. The van der Waals surface area contributed by atoms with E-state index in [9.17, 15) is 8.42 Å². The van der Waals surface area contributed by atoms with E-state index in [1.54, 1.807) is 18.3 Å². The molecule has 0 amide bonds. The molecule has 3 rings (SSSR count). The van der Waals surface area contributed by atoms with Gasteiger partial charge < -0.3 is 5.73 Å². The number of sulfonamides is 1. The molecule has 0 aliphatic carbocycles. The largest absolute Gasteiger partial charge is 0.325 e. The number of nitrogens with zero attached hydrogens (tertiary/aromatic N) is 2. The summed E-state index contributed by atoms with van der Waals surface area (Å²) in [5, 5.41) is 0. The van der Waals surface area contributed by atoms with E-state index in [0.717, 1.165) is 11.3 Å². The molecule has 21 heavy (non-hydrogen) atoms. The van der Waals surface area contributed by atoms with Gasteiger partial charge in [0, 0.05) is 18.8 Å². The first-order chi connectivity index (χ1) is 10.1. The summed E-state index contributed by atoms with van der Waals surface area (Å²) in [6, 6.07) is 10.7. The molecule has 0 saturated carbocycles. The third kappa shape index (κ3) is 2.20. The van der Waals surface area contributed by atoms with Gasteiger partial charge in [-0.05, 0) is 37.1 Å². The highest BCUT2D eigenvalue weighted by Gasteiger charge is 2.36. The van der Waals surface area contributed by atoms with Crippen LogP contribution in [0.25, 0.3) is 0 Å². The summed E-state index contributed by atoms with van der Waals surface area (Å²) in [7, 11) is -3.65. The number of anilines is 1. The minimum atomic E-state index is -3.65. The normalized spacial score (nSPS) is 17.8. The molecule has 1 atom stereocenters. The fraction of sp³-hybridized carbons (Fsp3) is 0.267. The Hall–Kier alpha value is -1.92. The van der Waals surface area contributed by atoms with Gasteiger partial charge in [0.25, 0.3) is 10.0 Å². The average molecular weight is 303 g/mol. The van der Waals surface area contributed by atoms with E-state index >= 15 is 0 Å². The minimum Gasteiger partial charge on any atom is -0.325 e. The predicted molar refractivity (Wildman–Crippen MR) is 81.4 cm³/mol. The zero-order chi connectivity index (χ0) is 15.0. The SMILES string of the molecule is CC1Cc2ccccc2N1S(=O)(=O)c1cccnc1CN. The lowest BCUT2D eigenvalue weighted by atomic mass is 10.1. The van der Waals surface area contributed by atoms with Crippen LogP contribution in [-0.4, -0.2) is 19.4 Å². The molecule has 0 saturated heterocycles. The summed E-state index contributed by atoms with van der Waals surface area (Å²) in [6.45, 7) is 2.01. The second kappa shape index (κ2) is 5.13. The van der Waals surface area contributed by atoms with E-state index in [1.165, 1.54) is 4.31 Å².